The van der Waals surface area contributed by atoms with Gasteiger partial charge in [0.1, 0.15) is 5.82 Å². The Kier molecular flexibility index (Phi) is 3.27. The van der Waals surface area contributed by atoms with E-state index in [1.54, 1.807) is 6.20 Å². The Morgan fingerprint density at radius 3 is 2.89 bits per heavy atom. The molecular weight excluding hydrogens is 252 g/mol. The third-order valence-electron chi connectivity index (χ3n) is 3.08. The van der Waals surface area contributed by atoms with Crippen LogP contribution in [0.25, 0.3) is 11.3 Å². The monoisotopic (exact) mass is 265 g/mol. The van der Waals surface area contributed by atoms with Crippen LogP contribution in [0.1, 0.15) is 11.9 Å². The molecular formula is C13H13F2N3O. The van der Waals surface area contributed by atoms with Crippen molar-refractivity contribution in [2.45, 2.75) is 6.04 Å². The number of rotatable bonds is 2. The average Bonchev–Trinajstić information content (AvgIpc) is 2.93. The van der Waals surface area contributed by atoms with E-state index in [2.05, 4.69) is 15.3 Å². The number of H-pyrrole nitrogens is 1. The van der Waals surface area contributed by atoms with Crippen molar-refractivity contribution in [1.82, 2.24) is 15.3 Å². The smallest absolute Gasteiger partial charge is 0.159 e. The lowest BCUT2D eigenvalue weighted by Crippen LogP contribution is -2.35. The van der Waals surface area contributed by atoms with Gasteiger partial charge in [-0.3, -0.25) is 0 Å². The van der Waals surface area contributed by atoms with Crippen LogP contribution < -0.4 is 5.32 Å². The van der Waals surface area contributed by atoms with Gasteiger partial charge in [0.15, 0.2) is 11.6 Å². The van der Waals surface area contributed by atoms with E-state index in [1.807, 2.05) is 0 Å². The lowest BCUT2D eigenvalue weighted by Gasteiger charge is -2.21. The maximum absolute atomic E-state index is 13.2. The van der Waals surface area contributed by atoms with E-state index < -0.39 is 11.6 Å². The number of halogens is 2. The minimum Gasteiger partial charge on any atom is -0.378 e. The molecule has 0 bridgehead atoms. The highest BCUT2D eigenvalue weighted by Crippen LogP contribution is 2.22. The van der Waals surface area contributed by atoms with Gasteiger partial charge < -0.3 is 15.0 Å². The Hall–Kier alpha value is -1.79. The van der Waals surface area contributed by atoms with Crippen LogP contribution in [0.15, 0.2) is 24.4 Å². The summed E-state index contributed by atoms with van der Waals surface area (Å²) >= 11 is 0. The summed E-state index contributed by atoms with van der Waals surface area (Å²) in [6.07, 6.45) is 1.61. The van der Waals surface area contributed by atoms with Gasteiger partial charge in [-0.2, -0.15) is 0 Å². The number of imidazole rings is 1. The highest BCUT2D eigenvalue weighted by Gasteiger charge is 2.18. The van der Waals surface area contributed by atoms with Crippen LogP contribution in [0.4, 0.5) is 8.78 Å². The van der Waals surface area contributed by atoms with E-state index in [9.17, 15) is 8.78 Å². The molecule has 1 atom stereocenters. The van der Waals surface area contributed by atoms with Gasteiger partial charge in [-0.15, -0.1) is 0 Å². The molecule has 1 aromatic carbocycles. The molecule has 2 aromatic rings. The van der Waals surface area contributed by atoms with Crippen molar-refractivity contribution in [3.8, 4) is 11.3 Å². The van der Waals surface area contributed by atoms with Gasteiger partial charge >= 0.3 is 0 Å². The van der Waals surface area contributed by atoms with Gasteiger partial charge in [0.2, 0.25) is 0 Å². The van der Waals surface area contributed by atoms with Crippen molar-refractivity contribution in [3.05, 3.63) is 41.9 Å². The molecule has 0 saturated carbocycles. The van der Waals surface area contributed by atoms with E-state index in [0.717, 1.165) is 24.5 Å². The van der Waals surface area contributed by atoms with Crippen molar-refractivity contribution in [2.24, 2.45) is 0 Å². The molecule has 0 amide bonds. The number of nitrogens with one attached hydrogen (secondary N) is 2. The molecule has 6 heteroatoms. The van der Waals surface area contributed by atoms with Crippen molar-refractivity contribution < 1.29 is 13.5 Å². The van der Waals surface area contributed by atoms with E-state index in [4.69, 9.17) is 4.74 Å². The summed E-state index contributed by atoms with van der Waals surface area (Å²) in [7, 11) is 0. The zero-order valence-corrected chi connectivity index (χ0v) is 10.1. The minimum atomic E-state index is -0.868. The highest BCUT2D eigenvalue weighted by atomic mass is 19.2. The van der Waals surface area contributed by atoms with Gasteiger partial charge in [-0.05, 0) is 18.2 Å². The number of morpholine rings is 1. The highest BCUT2D eigenvalue weighted by molar-refractivity contribution is 5.58. The van der Waals surface area contributed by atoms with Crippen molar-refractivity contribution in [1.29, 1.82) is 0 Å². The zero-order chi connectivity index (χ0) is 13.2. The van der Waals surface area contributed by atoms with Gasteiger partial charge in [0.25, 0.3) is 0 Å². The average molecular weight is 265 g/mol. The first-order valence-corrected chi connectivity index (χ1v) is 6.05. The Labute approximate surface area is 108 Å². The molecule has 2 heterocycles. The second-order valence-corrected chi connectivity index (χ2v) is 4.39. The summed E-state index contributed by atoms with van der Waals surface area (Å²) in [4.78, 5) is 7.36. The minimum absolute atomic E-state index is 0.00722. The number of nitrogens with zero attached hydrogens (tertiary/aromatic N) is 1. The van der Waals surface area contributed by atoms with Gasteiger partial charge in [0.05, 0.1) is 31.1 Å². The third-order valence-corrected chi connectivity index (χ3v) is 3.08. The molecule has 1 aliphatic heterocycles. The Balaban J connectivity index is 1.85. The topological polar surface area (TPSA) is 49.9 Å². The number of hydrogen-bond acceptors (Lipinski definition) is 3. The summed E-state index contributed by atoms with van der Waals surface area (Å²) in [5.41, 5.74) is 1.22. The van der Waals surface area contributed by atoms with Gasteiger partial charge in [-0.1, -0.05) is 0 Å². The first-order chi connectivity index (χ1) is 9.24. The molecule has 3 rings (SSSR count). The normalized spacial score (nSPS) is 19.6. The van der Waals surface area contributed by atoms with Crippen LogP contribution in [0.3, 0.4) is 0 Å². The summed E-state index contributed by atoms with van der Waals surface area (Å²) in [5, 5.41) is 3.27. The summed E-state index contributed by atoms with van der Waals surface area (Å²) in [6.45, 7) is 2.00. The van der Waals surface area contributed by atoms with Crippen LogP contribution in [0.5, 0.6) is 0 Å². The Morgan fingerprint density at radius 2 is 2.16 bits per heavy atom. The summed E-state index contributed by atoms with van der Waals surface area (Å²) in [5.74, 6) is -0.988. The molecule has 0 aliphatic carbocycles. The second kappa shape index (κ2) is 5.07. The molecule has 1 unspecified atom stereocenters. The van der Waals surface area contributed by atoms with Crippen molar-refractivity contribution >= 4 is 0 Å². The molecule has 1 fully saturated rings. The van der Waals surface area contributed by atoms with E-state index in [1.165, 1.54) is 6.07 Å². The molecule has 2 N–H and O–H groups in total. The van der Waals surface area contributed by atoms with Crippen molar-refractivity contribution in [2.75, 3.05) is 19.8 Å². The third kappa shape index (κ3) is 2.50. The first-order valence-electron chi connectivity index (χ1n) is 6.05. The molecule has 1 aromatic heterocycles. The zero-order valence-electron chi connectivity index (χ0n) is 10.1. The van der Waals surface area contributed by atoms with E-state index >= 15 is 0 Å². The fourth-order valence-electron chi connectivity index (χ4n) is 2.07. The Morgan fingerprint density at radius 1 is 1.26 bits per heavy atom. The first kappa shape index (κ1) is 12.3. The number of ether oxygens (including phenoxy) is 1. The van der Waals surface area contributed by atoms with Crippen LogP contribution in [0.2, 0.25) is 0 Å². The molecule has 0 radical (unpaired) electrons. The van der Waals surface area contributed by atoms with Crippen LogP contribution >= 0.6 is 0 Å². The number of benzene rings is 1. The lowest BCUT2D eigenvalue weighted by atomic mass is 10.1. The summed E-state index contributed by atoms with van der Waals surface area (Å²) in [6, 6.07) is 3.78. The fourth-order valence-corrected chi connectivity index (χ4v) is 2.07. The molecule has 1 aliphatic rings. The number of hydrogen-bond donors (Lipinski definition) is 2. The number of aromatic amines is 1. The molecule has 0 spiro atoms. The maximum Gasteiger partial charge on any atom is 0.159 e. The molecule has 100 valence electrons. The SMILES string of the molecule is Fc1ccc(-c2cnc(C3COCCN3)[nH]2)cc1F. The van der Waals surface area contributed by atoms with Crippen LogP contribution in [-0.4, -0.2) is 29.7 Å². The molecule has 4 nitrogen and oxygen atoms in total. The standard InChI is InChI=1S/C13H13F2N3O/c14-9-2-1-8(5-10(9)15)11-6-17-13(18-11)12-7-19-4-3-16-12/h1-2,5-6,12,16H,3-4,7H2,(H,17,18). The van der Waals surface area contributed by atoms with E-state index in [-0.39, 0.29) is 6.04 Å². The second-order valence-electron chi connectivity index (χ2n) is 4.39. The lowest BCUT2D eigenvalue weighted by molar-refractivity contribution is 0.0745. The predicted molar refractivity (Wildman–Crippen MR) is 65.5 cm³/mol. The van der Waals surface area contributed by atoms with Gasteiger partial charge in [-0.25, -0.2) is 13.8 Å². The predicted octanol–water partition coefficient (Wildman–Crippen LogP) is 2.02. The van der Waals surface area contributed by atoms with E-state index in [0.29, 0.717) is 24.5 Å². The van der Waals surface area contributed by atoms with Crippen LogP contribution in [-0.2, 0) is 4.74 Å². The largest absolute Gasteiger partial charge is 0.378 e. The van der Waals surface area contributed by atoms with Crippen LogP contribution in [0, 0.1) is 11.6 Å². The quantitative estimate of drug-likeness (QED) is 0.873. The number of aromatic nitrogens is 2. The molecule has 1 saturated heterocycles. The van der Waals surface area contributed by atoms with Crippen molar-refractivity contribution in [3.63, 3.8) is 0 Å². The maximum atomic E-state index is 13.2. The fraction of sp³-hybridized carbons (Fsp3) is 0.308. The molecule has 19 heavy (non-hydrogen) atoms. The van der Waals surface area contributed by atoms with Gasteiger partial charge in [0, 0.05) is 12.1 Å². The summed E-state index contributed by atoms with van der Waals surface area (Å²) < 4.78 is 31.4. The Bertz CT molecular complexity index is 579.